The molecule has 0 spiro atoms. The number of thiazole rings is 1. The summed E-state index contributed by atoms with van der Waals surface area (Å²) in [5.41, 5.74) is 1.21. The van der Waals surface area contributed by atoms with Gasteiger partial charge in [0.1, 0.15) is 10.8 Å². The number of aliphatic imine (C=N–C) groups is 1. The molecule has 1 atom stereocenters. The maximum atomic E-state index is 5.37. The smallest absolute Gasteiger partial charge is 0.191 e. The molecule has 8 heteroatoms. The molecule has 2 heterocycles. The first-order valence-corrected chi connectivity index (χ1v) is 10.3. The number of anilines is 1. The quantitative estimate of drug-likeness (QED) is 0.348. The molecular weight excluding hydrogens is 485 g/mol. The van der Waals surface area contributed by atoms with Crippen LogP contribution in [0.2, 0.25) is 0 Å². The van der Waals surface area contributed by atoms with Gasteiger partial charge in [-0.05, 0) is 38.8 Å². The van der Waals surface area contributed by atoms with Crippen molar-refractivity contribution in [1.82, 2.24) is 15.6 Å². The normalized spacial score (nSPS) is 17.0. The SMILES string of the molecule is CCNC(=NCc1ncc(C)s1)NC1CCCN(c2cccc(OC)c2)C1.I. The van der Waals surface area contributed by atoms with Gasteiger partial charge in [0.15, 0.2) is 5.96 Å². The Morgan fingerprint density at radius 1 is 1.43 bits per heavy atom. The number of nitrogens with one attached hydrogen (secondary N) is 2. The molecule has 2 aromatic rings. The van der Waals surface area contributed by atoms with Gasteiger partial charge in [0.2, 0.25) is 0 Å². The second kappa shape index (κ2) is 11.5. The zero-order valence-electron chi connectivity index (χ0n) is 16.8. The highest BCUT2D eigenvalue weighted by Crippen LogP contribution is 2.24. The van der Waals surface area contributed by atoms with Crippen molar-refractivity contribution in [2.75, 3.05) is 31.6 Å². The highest BCUT2D eigenvalue weighted by atomic mass is 127. The van der Waals surface area contributed by atoms with Gasteiger partial charge in [0.05, 0.1) is 13.7 Å². The standard InChI is InChI=1S/C20H29N5OS.HI/c1-4-21-20(23-13-19-22-12-15(2)27-19)24-16-7-6-10-25(14-16)17-8-5-9-18(11-17)26-3;/h5,8-9,11-12,16H,4,6-7,10,13-14H2,1-3H3,(H2,21,23,24);1H. The number of hydrogen-bond donors (Lipinski definition) is 2. The summed E-state index contributed by atoms with van der Waals surface area (Å²) >= 11 is 1.70. The van der Waals surface area contributed by atoms with Gasteiger partial charge in [-0.15, -0.1) is 35.3 Å². The maximum Gasteiger partial charge on any atom is 0.191 e. The van der Waals surface area contributed by atoms with Crippen LogP contribution in [0.1, 0.15) is 29.7 Å². The number of nitrogens with zero attached hydrogens (tertiary/aromatic N) is 3. The molecule has 154 valence electrons. The fraction of sp³-hybridized carbons (Fsp3) is 0.500. The summed E-state index contributed by atoms with van der Waals surface area (Å²) in [6.07, 6.45) is 4.20. The topological polar surface area (TPSA) is 61.8 Å². The molecule has 0 radical (unpaired) electrons. The number of benzene rings is 1. The van der Waals surface area contributed by atoms with Gasteiger partial charge in [-0.3, -0.25) is 0 Å². The second-order valence-electron chi connectivity index (χ2n) is 6.69. The first-order valence-electron chi connectivity index (χ1n) is 9.53. The highest BCUT2D eigenvalue weighted by Gasteiger charge is 2.21. The Kier molecular flexibility index (Phi) is 9.30. The lowest BCUT2D eigenvalue weighted by Crippen LogP contribution is -2.51. The number of guanidine groups is 1. The van der Waals surface area contributed by atoms with Gasteiger partial charge in [-0.25, -0.2) is 9.98 Å². The summed E-state index contributed by atoms with van der Waals surface area (Å²) in [7, 11) is 1.71. The molecule has 0 bridgehead atoms. The molecule has 1 aliphatic rings. The van der Waals surface area contributed by atoms with Crippen molar-refractivity contribution in [2.45, 2.75) is 39.3 Å². The summed E-state index contributed by atoms with van der Waals surface area (Å²) < 4.78 is 5.37. The molecule has 28 heavy (non-hydrogen) atoms. The number of aromatic nitrogens is 1. The molecule has 0 amide bonds. The molecule has 1 aromatic carbocycles. The minimum absolute atomic E-state index is 0. The van der Waals surface area contributed by atoms with Crippen LogP contribution in [0.25, 0.3) is 0 Å². The first kappa shape index (κ1) is 22.7. The Morgan fingerprint density at radius 3 is 3.00 bits per heavy atom. The predicted molar refractivity (Wildman–Crippen MR) is 128 cm³/mol. The molecule has 3 rings (SSSR count). The highest BCUT2D eigenvalue weighted by molar-refractivity contribution is 14.0. The van der Waals surface area contributed by atoms with Crippen LogP contribution >= 0.6 is 35.3 Å². The van der Waals surface area contributed by atoms with E-state index in [0.29, 0.717) is 12.6 Å². The minimum Gasteiger partial charge on any atom is -0.497 e. The Morgan fingerprint density at radius 2 is 2.29 bits per heavy atom. The average Bonchev–Trinajstić information content (AvgIpc) is 3.12. The van der Waals surface area contributed by atoms with Crippen molar-refractivity contribution in [2.24, 2.45) is 4.99 Å². The molecule has 1 aromatic heterocycles. The lowest BCUT2D eigenvalue weighted by molar-refractivity contribution is 0.414. The summed E-state index contributed by atoms with van der Waals surface area (Å²) in [5.74, 6) is 1.76. The number of piperidine rings is 1. The molecule has 1 unspecified atom stereocenters. The van der Waals surface area contributed by atoms with Crippen molar-refractivity contribution < 1.29 is 4.74 Å². The third kappa shape index (κ3) is 6.51. The van der Waals surface area contributed by atoms with Crippen LogP contribution in [-0.2, 0) is 6.54 Å². The number of hydrogen-bond acceptors (Lipinski definition) is 5. The van der Waals surface area contributed by atoms with E-state index in [-0.39, 0.29) is 24.0 Å². The van der Waals surface area contributed by atoms with E-state index < -0.39 is 0 Å². The van der Waals surface area contributed by atoms with E-state index in [0.717, 1.165) is 49.2 Å². The fourth-order valence-electron chi connectivity index (χ4n) is 3.27. The Labute approximate surface area is 188 Å². The largest absolute Gasteiger partial charge is 0.497 e. The van der Waals surface area contributed by atoms with Crippen LogP contribution < -0.4 is 20.3 Å². The van der Waals surface area contributed by atoms with Crippen LogP contribution in [0.3, 0.4) is 0 Å². The summed E-state index contributed by atoms with van der Waals surface area (Å²) in [5, 5.41) is 8.01. The van der Waals surface area contributed by atoms with Crippen molar-refractivity contribution in [1.29, 1.82) is 0 Å². The lowest BCUT2D eigenvalue weighted by atomic mass is 10.0. The molecule has 0 aliphatic carbocycles. The second-order valence-corrected chi connectivity index (χ2v) is 8.01. The van der Waals surface area contributed by atoms with Crippen LogP contribution in [-0.4, -0.2) is 43.7 Å². The van der Waals surface area contributed by atoms with E-state index in [4.69, 9.17) is 9.73 Å². The van der Waals surface area contributed by atoms with Crippen molar-refractivity contribution in [3.63, 3.8) is 0 Å². The summed E-state index contributed by atoms with van der Waals surface area (Å²) in [4.78, 5) is 12.8. The van der Waals surface area contributed by atoms with E-state index in [1.165, 1.54) is 10.6 Å². The van der Waals surface area contributed by atoms with Gasteiger partial charge in [-0.1, -0.05) is 6.07 Å². The molecule has 1 fully saturated rings. The Hall–Kier alpha value is -1.55. The van der Waals surface area contributed by atoms with Crippen LogP contribution in [0, 0.1) is 6.92 Å². The van der Waals surface area contributed by atoms with Gasteiger partial charge in [-0.2, -0.15) is 0 Å². The number of ether oxygens (including phenoxy) is 1. The third-order valence-electron chi connectivity index (χ3n) is 4.57. The van der Waals surface area contributed by atoms with Gasteiger partial charge in [0, 0.05) is 48.5 Å². The number of halogens is 1. The molecule has 2 N–H and O–H groups in total. The zero-order valence-corrected chi connectivity index (χ0v) is 19.9. The Balaban J connectivity index is 0.00000280. The number of aryl methyl sites for hydroxylation is 1. The van der Waals surface area contributed by atoms with E-state index in [2.05, 4.69) is 46.5 Å². The molecule has 1 saturated heterocycles. The van der Waals surface area contributed by atoms with Crippen LogP contribution in [0.5, 0.6) is 5.75 Å². The minimum atomic E-state index is 0. The fourth-order valence-corrected chi connectivity index (χ4v) is 3.98. The van der Waals surface area contributed by atoms with Crippen LogP contribution in [0.4, 0.5) is 5.69 Å². The zero-order chi connectivity index (χ0) is 19.1. The van der Waals surface area contributed by atoms with E-state index in [1.54, 1.807) is 18.4 Å². The van der Waals surface area contributed by atoms with E-state index in [9.17, 15) is 0 Å². The predicted octanol–water partition coefficient (Wildman–Crippen LogP) is 3.80. The molecule has 6 nitrogen and oxygen atoms in total. The molecule has 0 saturated carbocycles. The summed E-state index contributed by atoms with van der Waals surface area (Å²) in [6, 6.07) is 8.65. The average molecular weight is 515 g/mol. The third-order valence-corrected chi connectivity index (χ3v) is 5.46. The van der Waals surface area contributed by atoms with Crippen LogP contribution in [0.15, 0.2) is 35.5 Å². The number of methoxy groups -OCH3 is 1. The van der Waals surface area contributed by atoms with E-state index in [1.807, 2.05) is 18.3 Å². The lowest BCUT2D eigenvalue weighted by Gasteiger charge is -2.35. The molecular formula is C20H30IN5OS. The monoisotopic (exact) mass is 515 g/mol. The van der Waals surface area contributed by atoms with Crippen molar-refractivity contribution >= 4 is 47.0 Å². The van der Waals surface area contributed by atoms with E-state index >= 15 is 0 Å². The van der Waals surface area contributed by atoms with Crippen molar-refractivity contribution in [3.8, 4) is 5.75 Å². The number of rotatable bonds is 6. The first-order chi connectivity index (χ1) is 13.2. The molecule has 1 aliphatic heterocycles. The summed E-state index contributed by atoms with van der Waals surface area (Å²) in [6.45, 7) is 7.64. The maximum absolute atomic E-state index is 5.37. The Bertz CT molecular complexity index is 767. The van der Waals surface area contributed by atoms with Gasteiger partial charge >= 0.3 is 0 Å². The van der Waals surface area contributed by atoms with Crippen molar-refractivity contribution in [3.05, 3.63) is 40.3 Å². The van der Waals surface area contributed by atoms with Gasteiger partial charge in [0.25, 0.3) is 0 Å². The van der Waals surface area contributed by atoms with Gasteiger partial charge < -0.3 is 20.3 Å².